The van der Waals surface area contributed by atoms with Crippen molar-refractivity contribution < 1.29 is 9.32 Å². The van der Waals surface area contributed by atoms with E-state index in [0.717, 1.165) is 11.1 Å². The quantitative estimate of drug-likeness (QED) is 0.694. The Bertz CT molecular complexity index is 865. The molecule has 1 aromatic carbocycles. The van der Waals surface area contributed by atoms with Crippen LogP contribution in [-0.2, 0) is 6.54 Å². The van der Waals surface area contributed by atoms with Crippen LogP contribution in [0.25, 0.3) is 11.3 Å². The van der Waals surface area contributed by atoms with Crippen molar-refractivity contribution in [3.63, 3.8) is 0 Å². The molecule has 0 radical (unpaired) electrons. The van der Waals surface area contributed by atoms with Crippen molar-refractivity contribution in [2.24, 2.45) is 0 Å². The summed E-state index contributed by atoms with van der Waals surface area (Å²) in [7, 11) is 1.66. The number of pyridine rings is 1. The Labute approximate surface area is 148 Å². The van der Waals surface area contributed by atoms with Gasteiger partial charge in [-0.05, 0) is 23.8 Å². The van der Waals surface area contributed by atoms with Crippen LogP contribution in [0.3, 0.4) is 0 Å². The van der Waals surface area contributed by atoms with Crippen molar-refractivity contribution >= 4 is 29.1 Å². The first kappa shape index (κ1) is 16.5. The summed E-state index contributed by atoms with van der Waals surface area (Å²) < 4.78 is 5.23. The maximum Gasteiger partial charge on any atom is 0.276 e. The van der Waals surface area contributed by atoms with Gasteiger partial charge in [0.2, 0.25) is 0 Å². The summed E-state index contributed by atoms with van der Waals surface area (Å²) in [5, 5.41) is 4.74. The Balaban J connectivity index is 1.77. The van der Waals surface area contributed by atoms with E-state index in [2.05, 4.69) is 10.1 Å². The average Bonchev–Trinajstić information content (AvgIpc) is 3.09. The van der Waals surface area contributed by atoms with E-state index in [1.165, 1.54) is 4.90 Å². The van der Waals surface area contributed by atoms with Crippen LogP contribution in [-0.4, -0.2) is 28.0 Å². The maximum atomic E-state index is 12.5. The molecule has 1 amide bonds. The molecule has 0 aliphatic rings. The molecule has 5 nitrogen and oxygen atoms in total. The van der Waals surface area contributed by atoms with Crippen LogP contribution in [0.15, 0.2) is 53.3 Å². The second-order valence-electron chi connectivity index (χ2n) is 5.19. The van der Waals surface area contributed by atoms with Crippen LogP contribution in [0, 0.1) is 0 Å². The molecule has 0 bridgehead atoms. The van der Waals surface area contributed by atoms with Crippen molar-refractivity contribution in [1.29, 1.82) is 0 Å². The highest BCUT2D eigenvalue weighted by molar-refractivity contribution is 6.42. The number of halogens is 2. The van der Waals surface area contributed by atoms with Gasteiger partial charge in [0, 0.05) is 37.6 Å². The van der Waals surface area contributed by atoms with Crippen molar-refractivity contribution in [3.8, 4) is 11.3 Å². The molecular weight excluding hydrogens is 349 g/mol. The Morgan fingerprint density at radius 1 is 1.25 bits per heavy atom. The van der Waals surface area contributed by atoms with Gasteiger partial charge in [0.25, 0.3) is 5.91 Å². The highest BCUT2D eigenvalue weighted by Gasteiger charge is 2.19. The van der Waals surface area contributed by atoms with Crippen LogP contribution >= 0.6 is 23.2 Å². The molecule has 2 aromatic heterocycles. The van der Waals surface area contributed by atoms with E-state index in [4.69, 9.17) is 27.7 Å². The number of nitrogens with zero attached hydrogens (tertiary/aromatic N) is 3. The van der Waals surface area contributed by atoms with Crippen molar-refractivity contribution in [2.45, 2.75) is 6.54 Å². The van der Waals surface area contributed by atoms with Gasteiger partial charge in [-0.25, -0.2) is 0 Å². The number of aromatic nitrogens is 2. The summed E-state index contributed by atoms with van der Waals surface area (Å²) in [5.74, 6) is 0.213. The van der Waals surface area contributed by atoms with Crippen LogP contribution in [0.2, 0.25) is 10.0 Å². The third kappa shape index (κ3) is 3.42. The number of amides is 1. The zero-order valence-electron chi connectivity index (χ0n) is 12.7. The number of rotatable bonds is 4. The fourth-order valence-electron chi connectivity index (χ4n) is 2.21. The molecule has 3 aromatic rings. The minimum Gasteiger partial charge on any atom is -0.355 e. The topological polar surface area (TPSA) is 59.2 Å². The molecule has 0 aliphatic carbocycles. The average molecular weight is 362 g/mol. The summed E-state index contributed by atoms with van der Waals surface area (Å²) >= 11 is 12.2. The second-order valence-corrected chi connectivity index (χ2v) is 5.98. The monoisotopic (exact) mass is 361 g/mol. The Hall–Kier alpha value is -2.37. The lowest BCUT2D eigenvalue weighted by Crippen LogP contribution is -2.26. The molecule has 0 saturated carbocycles. The number of carbonyl (C=O) groups excluding carboxylic acids is 1. The number of carbonyl (C=O) groups is 1. The fraction of sp³-hybridized carbons (Fsp3) is 0.118. The van der Waals surface area contributed by atoms with Crippen LogP contribution in [0.1, 0.15) is 16.1 Å². The molecule has 0 N–H and O–H groups in total. The van der Waals surface area contributed by atoms with Gasteiger partial charge in [0.05, 0.1) is 10.0 Å². The van der Waals surface area contributed by atoms with E-state index in [1.807, 2.05) is 12.1 Å². The lowest BCUT2D eigenvalue weighted by Gasteiger charge is -2.16. The minimum absolute atomic E-state index is 0.217. The fourth-order valence-corrected chi connectivity index (χ4v) is 2.59. The van der Waals surface area contributed by atoms with E-state index in [1.54, 1.807) is 43.7 Å². The SMILES string of the molecule is CN(Cc1cccc(Cl)c1Cl)C(=O)c1cc(-c2cccnc2)on1. The number of benzene rings is 1. The Kier molecular flexibility index (Phi) is 4.83. The van der Waals surface area contributed by atoms with Gasteiger partial charge in [-0.1, -0.05) is 40.5 Å². The number of hydrogen-bond acceptors (Lipinski definition) is 4. The van der Waals surface area contributed by atoms with E-state index >= 15 is 0 Å². The first-order chi connectivity index (χ1) is 11.6. The Morgan fingerprint density at radius 2 is 2.08 bits per heavy atom. The highest BCUT2D eigenvalue weighted by atomic mass is 35.5. The highest BCUT2D eigenvalue weighted by Crippen LogP contribution is 2.27. The van der Waals surface area contributed by atoms with E-state index in [0.29, 0.717) is 22.4 Å². The van der Waals surface area contributed by atoms with Crippen molar-refractivity contribution in [2.75, 3.05) is 7.05 Å². The molecule has 0 saturated heterocycles. The van der Waals surface area contributed by atoms with Crippen molar-refractivity contribution in [3.05, 3.63) is 70.1 Å². The van der Waals surface area contributed by atoms with E-state index < -0.39 is 0 Å². The molecule has 3 rings (SSSR count). The molecule has 7 heteroatoms. The van der Waals surface area contributed by atoms with Gasteiger partial charge in [-0.3, -0.25) is 9.78 Å². The molecule has 0 atom stereocenters. The summed E-state index contributed by atoms with van der Waals surface area (Å²) in [5.41, 5.74) is 1.73. The normalized spacial score (nSPS) is 10.6. The predicted molar refractivity (Wildman–Crippen MR) is 92.0 cm³/mol. The van der Waals surface area contributed by atoms with Crippen molar-refractivity contribution in [1.82, 2.24) is 15.0 Å². The standard InChI is InChI=1S/C17H13Cl2N3O2/c1-22(10-12-4-2-6-13(18)16(12)19)17(23)14-8-15(24-21-14)11-5-3-7-20-9-11/h2-9H,10H2,1H3. The minimum atomic E-state index is -0.273. The molecular formula is C17H13Cl2N3O2. The van der Waals surface area contributed by atoms with Gasteiger partial charge in [-0.15, -0.1) is 0 Å². The lowest BCUT2D eigenvalue weighted by atomic mass is 10.2. The second kappa shape index (κ2) is 7.03. The zero-order valence-corrected chi connectivity index (χ0v) is 14.3. The summed E-state index contributed by atoms with van der Waals surface area (Å²) in [6.45, 7) is 0.313. The summed E-state index contributed by atoms with van der Waals surface area (Å²) in [6, 6.07) is 10.5. The lowest BCUT2D eigenvalue weighted by molar-refractivity contribution is 0.0775. The first-order valence-corrected chi connectivity index (χ1v) is 7.87. The largest absolute Gasteiger partial charge is 0.355 e. The van der Waals surface area contributed by atoms with Crippen LogP contribution < -0.4 is 0 Å². The smallest absolute Gasteiger partial charge is 0.276 e. The predicted octanol–water partition coefficient (Wildman–Crippen LogP) is 4.32. The van der Waals surface area contributed by atoms with Gasteiger partial charge in [0.15, 0.2) is 11.5 Å². The summed E-state index contributed by atoms with van der Waals surface area (Å²) in [6.07, 6.45) is 3.30. The van der Waals surface area contributed by atoms with Gasteiger partial charge >= 0.3 is 0 Å². The van der Waals surface area contributed by atoms with Gasteiger partial charge in [-0.2, -0.15) is 0 Å². The molecule has 0 aliphatic heterocycles. The van der Waals surface area contributed by atoms with Gasteiger partial charge < -0.3 is 9.42 Å². The van der Waals surface area contributed by atoms with Gasteiger partial charge in [0.1, 0.15) is 0 Å². The number of hydrogen-bond donors (Lipinski definition) is 0. The Morgan fingerprint density at radius 3 is 2.83 bits per heavy atom. The first-order valence-electron chi connectivity index (χ1n) is 7.11. The van der Waals surface area contributed by atoms with E-state index in [9.17, 15) is 4.79 Å². The molecule has 0 fully saturated rings. The van der Waals surface area contributed by atoms with Crippen LogP contribution in [0.5, 0.6) is 0 Å². The summed E-state index contributed by atoms with van der Waals surface area (Å²) in [4.78, 5) is 18.0. The van der Waals surface area contributed by atoms with Crippen LogP contribution in [0.4, 0.5) is 0 Å². The maximum absolute atomic E-state index is 12.5. The zero-order chi connectivity index (χ0) is 17.1. The molecule has 0 unspecified atom stereocenters. The van der Waals surface area contributed by atoms with E-state index in [-0.39, 0.29) is 11.6 Å². The molecule has 0 spiro atoms. The molecule has 2 heterocycles. The molecule has 122 valence electrons. The third-order valence-electron chi connectivity index (χ3n) is 3.46. The molecule has 24 heavy (non-hydrogen) atoms. The third-order valence-corrected chi connectivity index (χ3v) is 4.32.